The zero-order valence-electron chi connectivity index (χ0n) is 10.3. The van der Waals surface area contributed by atoms with Gasteiger partial charge in [0.25, 0.3) is 5.95 Å². The number of carbonyl (C=O) groups excluding carboxylic acids is 1. The van der Waals surface area contributed by atoms with Gasteiger partial charge in [-0.25, -0.2) is 0 Å². The van der Waals surface area contributed by atoms with Crippen molar-refractivity contribution in [2.75, 3.05) is 5.32 Å². The molecule has 8 heteroatoms. The van der Waals surface area contributed by atoms with Gasteiger partial charge in [0.1, 0.15) is 5.75 Å². The third-order valence-corrected chi connectivity index (χ3v) is 2.47. The van der Waals surface area contributed by atoms with Crippen molar-refractivity contribution in [3.63, 3.8) is 0 Å². The lowest BCUT2D eigenvalue weighted by Gasteiger charge is -2.10. The second kappa shape index (κ2) is 5.44. The highest BCUT2D eigenvalue weighted by atomic mass is 16.3. The highest BCUT2D eigenvalue weighted by Crippen LogP contribution is 2.11. The number of anilines is 1. The SMILES string of the molecule is Cn1nnc(NC(=O)C(N)Cc2ccc(O)cc2)n1. The number of aryl methyl sites for hydroxylation is 1. The maximum atomic E-state index is 11.8. The summed E-state index contributed by atoms with van der Waals surface area (Å²) >= 11 is 0. The molecule has 1 unspecified atom stereocenters. The minimum Gasteiger partial charge on any atom is -0.508 e. The van der Waals surface area contributed by atoms with E-state index in [2.05, 4.69) is 20.7 Å². The van der Waals surface area contributed by atoms with Gasteiger partial charge in [-0.15, -0.1) is 5.10 Å². The Morgan fingerprint density at radius 2 is 2.16 bits per heavy atom. The van der Waals surface area contributed by atoms with Crippen molar-refractivity contribution < 1.29 is 9.90 Å². The number of phenols is 1. The van der Waals surface area contributed by atoms with Gasteiger partial charge in [0.15, 0.2) is 0 Å². The van der Waals surface area contributed by atoms with Crippen LogP contribution in [0.25, 0.3) is 0 Å². The second-order valence-electron chi connectivity index (χ2n) is 4.07. The Balaban J connectivity index is 1.94. The van der Waals surface area contributed by atoms with Crippen LogP contribution in [-0.4, -0.2) is 37.3 Å². The van der Waals surface area contributed by atoms with Crippen molar-refractivity contribution in [2.45, 2.75) is 12.5 Å². The molecule has 2 rings (SSSR count). The zero-order chi connectivity index (χ0) is 13.8. The minimum absolute atomic E-state index is 0.119. The van der Waals surface area contributed by atoms with Crippen molar-refractivity contribution >= 4 is 11.9 Å². The van der Waals surface area contributed by atoms with Crippen LogP contribution in [0.3, 0.4) is 0 Å². The Labute approximate surface area is 109 Å². The molecule has 0 radical (unpaired) electrons. The maximum Gasteiger partial charge on any atom is 0.270 e. The first-order chi connectivity index (χ1) is 9.04. The maximum absolute atomic E-state index is 11.8. The standard InChI is InChI=1S/C11H14N6O2/c1-17-15-11(14-16-17)13-10(19)9(12)6-7-2-4-8(18)5-3-7/h2-5,9,18H,6,12H2,1H3,(H,13,15,19). The van der Waals surface area contributed by atoms with Crippen LogP contribution >= 0.6 is 0 Å². The Hall–Kier alpha value is -2.48. The second-order valence-corrected chi connectivity index (χ2v) is 4.07. The third-order valence-electron chi connectivity index (χ3n) is 2.47. The molecule has 2 aromatic rings. The fourth-order valence-corrected chi connectivity index (χ4v) is 1.52. The van der Waals surface area contributed by atoms with E-state index in [9.17, 15) is 4.79 Å². The van der Waals surface area contributed by atoms with Crippen LogP contribution in [-0.2, 0) is 18.3 Å². The summed E-state index contributed by atoms with van der Waals surface area (Å²) in [5.41, 5.74) is 6.64. The van der Waals surface area contributed by atoms with Crippen molar-refractivity contribution in [1.29, 1.82) is 0 Å². The molecule has 0 saturated carbocycles. The van der Waals surface area contributed by atoms with E-state index in [-0.39, 0.29) is 17.6 Å². The van der Waals surface area contributed by atoms with E-state index in [0.717, 1.165) is 5.56 Å². The number of nitrogens with one attached hydrogen (secondary N) is 1. The molecule has 0 spiro atoms. The monoisotopic (exact) mass is 262 g/mol. The first-order valence-electron chi connectivity index (χ1n) is 5.63. The molecule has 4 N–H and O–H groups in total. The lowest BCUT2D eigenvalue weighted by molar-refractivity contribution is -0.117. The molecule has 0 bridgehead atoms. The predicted molar refractivity (Wildman–Crippen MR) is 67.2 cm³/mol. The van der Waals surface area contributed by atoms with E-state index >= 15 is 0 Å². The topological polar surface area (TPSA) is 119 Å². The first-order valence-corrected chi connectivity index (χ1v) is 5.63. The fourth-order valence-electron chi connectivity index (χ4n) is 1.52. The predicted octanol–water partition coefficient (Wildman–Crippen LogP) is -0.576. The highest BCUT2D eigenvalue weighted by Gasteiger charge is 2.16. The van der Waals surface area contributed by atoms with E-state index in [1.807, 2.05) is 0 Å². The van der Waals surface area contributed by atoms with Crippen molar-refractivity contribution in [2.24, 2.45) is 12.8 Å². The molecule has 100 valence electrons. The van der Waals surface area contributed by atoms with Gasteiger partial charge >= 0.3 is 0 Å². The van der Waals surface area contributed by atoms with Gasteiger partial charge in [-0.1, -0.05) is 17.2 Å². The number of rotatable bonds is 4. The molecule has 0 saturated heterocycles. The van der Waals surface area contributed by atoms with Gasteiger partial charge < -0.3 is 10.8 Å². The van der Waals surface area contributed by atoms with E-state index in [1.54, 1.807) is 31.3 Å². The smallest absolute Gasteiger partial charge is 0.270 e. The lowest BCUT2D eigenvalue weighted by atomic mass is 10.1. The first kappa shape index (κ1) is 13.0. The summed E-state index contributed by atoms with van der Waals surface area (Å²) in [5.74, 6) is -0.0970. The molecule has 0 fully saturated rings. The van der Waals surface area contributed by atoms with Gasteiger partial charge in [-0.2, -0.15) is 4.80 Å². The normalized spacial score (nSPS) is 12.1. The molecule has 1 aromatic heterocycles. The third kappa shape index (κ3) is 3.49. The van der Waals surface area contributed by atoms with Gasteiger partial charge in [0, 0.05) is 0 Å². The molecular formula is C11H14N6O2. The number of phenolic OH excluding ortho intramolecular Hbond substituents is 1. The molecule has 1 heterocycles. The molecule has 1 aromatic carbocycles. The van der Waals surface area contributed by atoms with Crippen molar-refractivity contribution in [3.8, 4) is 5.75 Å². The number of hydrogen-bond acceptors (Lipinski definition) is 6. The van der Waals surface area contributed by atoms with Crippen LogP contribution < -0.4 is 11.1 Å². The number of aromatic hydroxyl groups is 1. The quantitative estimate of drug-likeness (QED) is 0.678. The number of nitrogens with zero attached hydrogens (tertiary/aromatic N) is 4. The Bertz CT molecular complexity index is 565. The highest BCUT2D eigenvalue weighted by molar-refractivity contribution is 5.93. The number of tetrazole rings is 1. The van der Waals surface area contributed by atoms with Crippen LogP contribution in [0, 0.1) is 0 Å². The number of hydrogen-bond donors (Lipinski definition) is 3. The summed E-state index contributed by atoms with van der Waals surface area (Å²) in [6.07, 6.45) is 0.354. The van der Waals surface area contributed by atoms with Crippen LogP contribution in [0.15, 0.2) is 24.3 Å². The van der Waals surface area contributed by atoms with Crippen LogP contribution in [0.4, 0.5) is 5.95 Å². The van der Waals surface area contributed by atoms with Gasteiger partial charge in [-0.05, 0) is 29.3 Å². The van der Waals surface area contributed by atoms with Gasteiger partial charge in [0.2, 0.25) is 5.91 Å². The summed E-state index contributed by atoms with van der Waals surface area (Å²) in [7, 11) is 1.60. The molecule has 1 atom stereocenters. The van der Waals surface area contributed by atoms with Gasteiger partial charge in [-0.3, -0.25) is 10.1 Å². The number of benzene rings is 1. The largest absolute Gasteiger partial charge is 0.508 e. The van der Waals surface area contributed by atoms with Crippen LogP contribution in [0.1, 0.15) is 5.56 Å². The minimum atomic E-state index is -0.728. The average Bonchev–Trinajstić information content (AvgIpc) is 2.77. The number of carbonyl (C=O) groups is 1. The van der Waals surface area contributed by atoms with Gasteiger partial charge in [0.05, 0.1) is 13.1 Å². The fraction of sp³-hybridized carbons (Fsp3) is 0.273. The summed E-state index contributed by atoms with van der Waals surface area (Å²) in [4.78, 5) is 13.0. The average molecular weight is 262 g/mol. The Morgan fingerprint density at radius 1 is 1.47 bits per heavy atom. The molecule has 8 nitrogen and oxygen atoms in total. The number of aromatic nitrogens is 4. The van der Waals surface area contributed by atoms with E-state index in [0.29, 0.717) is 6.42 Å². The number of nitrogens with two attached hydrogens (primary N) is 1. The lowest BCUT2D eigenvalue weighted by Crippen LogP contribution is -2.37. The van der Waals surface area contributed by atoms with E-state index in [4.69, 9.17) is 10.8 Å². The molecule has 1 amide bonds. The number of amides is 1. The van der Waals surface area contributed by atoms with E-state index < -0.39 is 6.04 Å². The summed E-state index contributed by atoms with van der Waals surface area (Å²) in [5, 5.41) is 22.7. The molecule has 0 aliphatic carbocycles. The zero-order valence-corrected chi connectivity index (χ0v) is 10.3. The molecule has 0 aliphatic rings. The molecule has 0 aliphatic heterocycles. The van der Waals surface area contributed by atoms with Crippen LogP contribution in [0.5, 0.6) is 5.75 Å². The van der Waals surface area contributed by atoms with Crippen molar-refractivity contribution in [1.82, 2.24) is 20.2 Å². The van der Waals surface area contributed by atoms with Crippen molar-refractivity contribution in [3.05, 3.63) is 29.8 Å². The molecular weight excluding hydrogens is 248 g/mol. The van der Waals surface area contributed by atoms with E-state index in [1.165, 1.54) is 4.80 Å². The van der Waals surface area contributed by atoms with Crippen LogP contribution in [0.2, 0.25) is 0 Å². The summed E-state index contributed by atoms with van der Waals surface area (Å²) in [6.45, 7) is 0. The summed E-state index contributed by atoms with van der Waals surface area (Å²) < 4.78 is 0. The summed E-state index contributed by atoms with van der Waals surface area (Å²) in [6, 6.07) is 5.79. The Kier molecular flexibility index (Phi) is 3.71. The molecule has 19 heavy (non-hydrogen) atoms. The Morgan fingerprint density at radius 3 is 2.74 bits per heavy atom.